The summed E-state index contributed by atoms with van der Waals surface area (Å²) in [6.07, 6.45) is 5.64. The second kappa shape index (κ2) is 7.26. The molecule has 2 aliphatic rings. The molecule has 20 heavy (non-hydrogen) atoms. The van der Waals surface area contributed by atoms with Crippen LogP contribution in [0.15, 0.2) is 0 Å². The Balaban J connectivity index is 2.00. The first-order valence-electron chi connectivity index (χ1n) is 9.00. The number of nitrogens with zero attached hydrogens (tertiary/aromatic N) is 1. The zero-order valence-corrected chi connectivity index (χ0v) is 14.4. The Morgan fingerprint density at radius 1 is 1.00 bits per heavy atom. The molecule has 0 radical (unpaired) electrons. The van der Waals surface area contributed by atoms with Crippen LogP contribution in [-0.4, -0.2) is 36.6 Å². The summed E-state index contributed by atoms with van der Waals surface area (Å²) < 4.78 is 0. The summed E-state index contributed by atoms with van der Waals surface area (Å²) in [7, 11) is 0. The molecule has 2 fully saturated rings. The van der Waals surface area contributed by atoms with E-state index in [9.17, 15) is 0 Å². The van der Waals surface area contributed by atoms with Crippen molar-refractivity contribution in [1.29, 1.82) is 0 Å². The van der Waals surface area contributed by atoms with Crippen LogP contribution in [0.2, 0.25) is 0 Å². The summed E-state index contributed by atoms with van der Waals surface area (Å²) >= 11 is 0. The van der Waals surface area contributed by atoms with Crippen molar-refractivity contribution < 1.29 is 0 Å². The molecular formula is C18H36N2. The van der Waals surface area contributed by atoms with E-state index >= 15 is 0 Å². The maximum atomic E-state index is 3.77. The van der Waals surface area contributed by atoms with Gasteiger partial charge in [0.1, 0.15) is 0 Å². The average Bonchev–Trinajstić information content (AvgIpc) is 2.89. The average molecular weight is 280 g/mol. The van der Waals surface area contributed by atoms with Crippen LogP contribution in [0.25, 0.3) is 0 Å². The third-order valence-corrected chi connectivity index (χ3v) is 5.93. The predicted octanol–water partition coefficient (Wildman–Crippen LogP) is 3.77. The number of hydrogen-bond acceptors (Lipinski definition) is 2. The normalized spacial score (nSPS) is 36.1. The molecule has 1 heterocycles. The number of rotatable bonds is 5. The third-order valence-electron chi connectivity index (χ3n) is 5.93. The van der Waals surface area contributed by atoms with Crippen LogP contribution in [0.3, 0.4) is 0 Å². The topological polar surface area (TPSA) is 15.3 Å². The van der Waals surface area contributed by atoms with Gasteiger partial charge in [0.05, 0.1) is 0 Å². The lowest BCUT2D eigenvalue weighted by Crippen LogP contribution is -2.53. The van der Waals surface area contributed by atoms with Crippen LogP contribution in [0.1, 0.15) is 60.3 Å². The lowest BCUT2D eigenvalue weighted by molar-refractivity contribution is 0.0971. The summed E-state index contributed by atoms with van der Waals surface area (Å²) in [6.45, 7) is 15.7. The standard InChI is InChI=1S/C18H36N2/c1-6-19-17-8-7-15(13(2)3)11-18(17)20-10-9-16(12-20)14(4)5/h13-19H,6-12H2,1-5H3. The quantitative estimate of drug-likeness (QED) is 0.825. The smallest absolute Gasteiger partial charge is 0.0252 e. The van der Waals surface area contributed by atoms with Crippen LogP contribution >= 0.6 is 0 Å². The van der Waals surface area contributed by atoms with Crippen molar-refractivity contribution in [2.24, 2.45) is 23.7 Å². The summed E-state index contributed by atoms with van der Waals surface area (Å²) in [4.78, 5) is 2.83. The van der Waals surface area contributed by atoms with Gasteiger partial charge < -0.3 is 5.32 Å². The van der Waals surface area contributed by atoms with Gasteiger partial charge in [0.15, 0.2) is 0 Å². The van der Waals surface area contributed by atoms with E-state index in [0.717, 1.165) is 42.3 Å². The highest BCUT2D eigenvalue weighted by molar-refractivity contribution is 4.94. The van der Waals surface area contributed by atoms with Gasteiger partial charge in [-0.1, -0.05) is 34.6 Å². The fraction of sp³-hybridized carbons (Fsp3) is 1.00. The van der Waals surface area contributed by atoms with Crippen LogP contribution < -0.4 is 5.32 Å². The zero-order valence-electron chi connectivity index (χ0n) is 14.4. The molecule has 1 aliphatic carbocycles. The van der Waals surface area contributed by atoms with Gasteiger partial charge in [-0.15, -0.1) is 0 Å². The molecule has 0 aromatic rings. The van der Waals surface area contributed by atoms with E-state index in [1.54, 1.807) is 0 Å². The van der Waals surface area contributed by atoms with Crippen molar-refractivity contribution in [1.82, 2.24) is 10.2 Å². The maximum absolute atomic E-state index is 3.77. The number of likely N-dealkylation sites (tertiary alicyclic amines) is 1. The van der Waals surface area contributed by atoms with E-state index in [-0.39, 0.29) is 0 Å². The molecule has 0 aromatic heterocycles. The number of likely N-dealkylation sites (N-methyl/N-ethyl adjacent to an activating group) is 1. The van der Waals surface area contributed by atoms with E-state index in [2.05, 4.69) is 44.8 Å². The summed E-state index contributed by atoms with van der Waals surface area (Å²) in [5.74, 6) is 3.57. The SMILES string of the molecule is CCNC1CCC(C(C)C)CC1N1CCC(C(C)C)C1. The van der Waals surface area contributed by atoms with Gasteiger partial charge in [-0.25, -0.2) is 0 Å². The van der Waals surface area contributed by atoms with Gasteiger partial charge in [0, 0.05) is 18.6 Å². The summed E-state index contributed by atoms with van der Waals surface area (Å²) in [5, 5.41) is 3.77. The Hall–Kier alpha value is -0.0800. The molecule has 2 heteroatoms. The molecule has 0 amide bonds. The van der Waals surface area contributed by atoms with E-state index in [1.807, 2.05) is 0 Å². The highest BCUT2D eigenvalue weighted by atomic mass is 15.2. The van der Waals surface area contributed by atoms with Gasteiger partial charge in [0.2, 0.25) is 0 Å². The molecule has 2 nitrogen and oxygen atoms in total. The first-order chi connectivity index (χ1) is 9.52. The van der Waals surface area contributed by atoms with E-state index in [4.69, 9.17) is 0 Å². The van der Waals surface area contributed by atoms with Crippen LogP contribution in [0, 0.1) is 23.7 Å². The Bertz CT molecular complexity index is 287. The number of nitrogens with one attached hydrogen (secondary N) is 1. The zero-order chi connectivity index (χ0) is 14.7. The first kappa shape index (κ1) is 16.3. The molecule has 118 valence electrons. The van der Waals surface area contributed by atoms with Crippen molar-refractivity contribution in [3.8, 4) is 0 Å². The Morgan fingerprint density at radius 2 is 1.70 bits per heavy atom. The van der Waals surface area contributed by atoms with Crippen LogP contribution in [0.5, 0.6) is 0 Å². The Labute approximate surface area is 126 Å². The second-order valence-corrected chi connectivity index (χ2v) is 7.84. The third kappa shape index (κ3) is 3.76. The summed E-state index contributed by atoms with van der Waals surface area (Å²) in [6, 6.07) is 1.53. The molecule has 1 N–H and O–H groups in total. The molecule has 1 saturated carbocycles. The van der Waals surface area contributed by atoms with Gasteiger partial charge >= 0.3 is 0 Å². The van der Waals surface area contributed by atoms with E-state index < -0.39 is 0 Å². The highest BCUT2D eigenvalue weighted by Gasteiger charge is 2.38. The van der Waals surface area contributed by atoms with Gasteiger partial charge in [-0.3, -0.25) is 4.90 Å². The first-order valence-corrected chi connectivity index (χ1v) is 9.00. The molecule has 1 aliphatic heterocycles. The lowest BCUT2D eigenvalue weighted by Gasteiger charge is -2.43. The number of hydrogen-bond donors (Lipinski definition) is 1. The molecule has 0 aromatic carbocycles. The van der Waals surface area contributed by atoms with Gasteiger partial charge in [-0.05, 0) is 62.4 Å². The van der Waals surface area contributed by atoms with Gasteiger partial charge in [-0.2, -0.15) is 0 Å². The van der Waals surface area contributed by atoms with E-state index in [0.29, 0.717) is 0 Å². The van der Waals surface area contributed by atoms with Crippen molar-refractivity contribution >= 4 is 0 Å². The highest BCUT2D eigenvalue weighted by Crippen LogP contribution is 2.36. The van der Waals surface area contributed by atoms with Gasteiger partial charge in [0.25, 0.3) is 0 Å². The monoisotopic (exact) mass is 280 g/mol. The van der Waals surface area contributed by atoms with Crippen molar-refractivity contribution in [3.05, 3.63) is 0 Å². The fourth-order valence-electron chi connectivity index (χ4n) is 4.35. The minimum atomic E-state index is 0.737. The predicted molar refractivity (Wildman–Crippen MR) is 87.9 cm³/mol. The van der Waals surface area contributed by atoms with Crippen molar-refractivity contribution in [3.63, 3.8) is 0 Å². The fourth-order valence-corrected chi connectivity index (χ4v) is 4.35. The second-order valence-electron chi connectivity index (χ2n) is 7.84. The molecule has 0 spiro atoms. The Kier molecular flexibility index (Phi) is 5.92. The molecule has 1 saturated heterocycles. The lowest BCUT2D eigenvalue weighted by atomic mass is 9.76. The Morgan fingerprint density at radius 3 is 2.25 bits per heavy atom. The van der Waals surface area contributed by atoms with Crippen LogP contribution in [-0.2, 0) is 0 Å². The molecule has 4 atom stereocenters. The van der Waals surface area contributed by atoms with Crippen LogP contribution in [0.4, 0.5) is 0 Å². The van der Waals surface area contributed by atoms with Crippen molar-refractivity contribution in [2.75, 3.05) is 19.6 Å². The molecule has 2 rings (SSSR count). The minimum Gasteiger partial charge on any atom is -0.313 e. The minimum absolute atomic E-state index is 0.737. The largest absolute Gasteiger partial charge is 0.313 e. The van der Waals surface area contributed by atoms with Crippen molar-refractivity contribution in [2.45, 2.75) is 72.4 Å². The van der Waals surface area contributed by atoms with E-state index in [1.165, 1.54) is 38.8 Å². The molecule has 4 unspecified atom stereocenters. The maximum Gasteiger partial charge on any atom is 0.0252 e. The molecular weight excluding hydrogens is 244 g/mol. The molecule has 0 bridgehead atoms. The summed E-state index contributed by atoms with van der Waals surface area (Å²) in [5.41, 5.74) is 0.